The van der Waals surface area contributed by atoms with Crippen LogP contribution in [-0.2, 0) is 27.7 Å². The van der Waals surface area contributed by atoms with Gasteiger partial charge in [-0.3, -0.25) is 9.69 Å². The SMILES string of the molecule is NC(=O)[C@H]1CCCN1CCS(=O)(=O)NCCc1c(CCOc2ccc(C(=O)O)cc2)c2cc(Cl)ccc2n1C(c1ccccc1)c1ccccc1. The third kappa shape index (κ3) is 8.62. The van der Waals surface area contributed by atoms with E-state index in [4.69, 9.17) is 22.1 Å². The van der Waals surface area contributed by atoms with Gasteiger partial charge >= 0.3 is 5.97 Å². The summed E-state index contributed by atoms with van der Waals surface area (Å²) in [4.78, 5) is 25.0. The van der Waals surface area contributed by atoms with Crippen molar-refractivity contribution in [3.8, 4) is 5.75 Å². The Morgan fingerprint density at radius 3 is 2.24 bits per heavy atom. The Bertz CT molecular complexity index is 2050. The molecule has 12 heteroatoms. The van der Waals surface area contributed by atoms with Gasteiger partial charge in [0.25, 0.3) is 0 Å². The molecule has 4 N–H and O–H groups in total. The lowest BCUT2D eigenvalue weighted by Gasteiger charge is -2.25. The van der Waals surface area contributed by atoms with Crippen LogP contribution >= 0.6 is 11.6 Å². The Balaban J connectivity index is 1.35. The maximum absolute atomic E-state index is 13.3. The number of hydrogen-bond acceptors (Lipinski definition) is 6. The summed E-state index contributed by atoms with van der Waals surface area (Å²) in [6, 6.07) is 31.8. The number of benzene rings is 4. The largest absolute Gasteiger partial charge is 0.493 e. The van der Waals surface area contributed by atoms with E-state index in [0.717, 1.165) is 39.7 Å². The number of carbonyl (C=O) groups excluding carboxylic acids is 1. The summed E-state index contributed by atoms with van der Waals surface area (Å²) in [5.41, 5.74) is 10.7. The quantitative estimate of drug-likeness (QED) is 0.119. The first-order chi connectivity index (χ1) is 24.6. The van der Waals surface area contributed by atoms with Gasteiger partial charge in [0.15, 0.2) is 0 Å². The summed E-state index contributed by atoms with van der Waals surface area (Å²) in [7, 11) is -3.68. The van der Waals surface area contributed by atoms with E-state index in [2.05, 4.69) is 33.6 Å². The first kappa shape index (κ1) is 36.1. The molecule has 51 heavy (non-hydrogen) atoms. The van der Waals surface area contributed by atoms with E-state index in [1.807, 2.05) is 59.5 Å². The number of halogens is 1. The van der Waals surface area contributed by atoms with E-state index < -0.39 is 27.9 Å². The number of nitrogens with one attached hydrogen (secondary N) is 1. The summed E-state index contributed by atoms with van der Waals surface area (Å²) < 4.78 is 37.7. The molecule has 1 aromatic heterocycles. The van der Waals surface area contributed by atoms with Crippen molar-refractivity contribution >= 4 is 44.4 Å². The number of sulfonamides is 1. The highest BCUT2D eigenvalue weighted by Crippen LogP contribution is 2.38. The number of amides is 1. The van der Waals surface area contributed by atoms with Crippen molar-refractivity contribution in [2.45, 2.75) is 37.8 Å². The van der Waals surface area contributed by atoms with Gasteiger partial charge in [-0.25, -0.2) is 17.9 Å². The molecule has 1 fully saturated rings. The standard InChI is InChI=1S/C39H41ClN4O6S/c40-30-15-18-34-33(26-30)32(20-24-50-31-16-13-29(14-17-31)39(46)47)35(19-21-42-51(48,49)25-23-43-22-7-12-36(43)38(41)45)44(34)37(27-8-3-1-4-9-27)28-10-5-2-6-11-28/h1-6,8-11,13-18,26,36-37,42H,7,12,19-25H2,(H2,41,45)(H,46,47)/t36-/m1/s1. The number of fused-ring (bicyclic) bond motifs is 1. The van der Waals surface area contributed by atoms with Gasteiger partial charge < -0.3 is 20.1 Å². The van der Waals surface area contributed by atoms with E-state index in [-0.39, 0.29) is 37.1 Å². The second kappa shape index (κ2) is 16.1. The van der Waals surface area contributed by atoms with Gasteiger partial charge in [-0.15, -0.1) is 0 Å². The molecule has 6 rings (SSSR count). The van der Waals surface area contributed by atoms with Gasteiger partial charge in [-0.05, 0) is 78.5 Å². The number of carbonyl (C=O) groups is 2. The number of nitrogens with two attached hydrogens (primary N) is 1. The average Bonchev–Trinajstić information content (AvgIpc) is 3.72. The van der Waals surface area contributed by atoms with Crippen LogP contribution in [-0.4, -0.2) is 72.9 Å². The second-order valence-electron chi connectivity index (χ2n) is 12.7. The van der Waals surface area contributed by atoms with E-state index in [1.54, 1.807) is 12.1 Å². The molecular weight excluding hydrogens is 688 g/mol. The van der Waals surface area contributed by atoms with Gasteiger partial charge in [-0.1, -0.05) is 72.3 Å². The number of carboxylic acids is 1. The van der Waals surface area contributed by atoms with Crippen LogP contribution in [0.2, 0.25) is 5.02 Å². The number of likely N-dealkylation sites (tertiary alicyclic amines) is 1. The maximum atomic E-state index is 13.3. The first-order valence-electron chi connectivity index (χ1n) is 17.0. The molecule has 1 saturated heterocycles. The first-order valence-corrected chi connectivity index (χ1v) is 19.0. The molecule has 10 nitrogen and oxygen atoms in total. The molecule has 0 aliphatic carbocycles. The molecule has 4 aromatic carbocycles. The highest BCUT2D eigenvalue weighted by atomic mass is 35.5. The van der Waals surface area contributed by atoms with Crippen molar-refractivity contribution in [2.75, 3.05) is 32.0 Å². The monoisotopic (exact) mass is 728 g/mol. The zero-order valence-electron chi connectivity index (χ0n) is 28.1. The van der Waals surface area contributed by atoms with Crippen molar-refractivity contribution in [1.82, 2.24) is 14.2 Å². The number of nitrogens with zero attached hydrogens (tertiary/aromatic N) is 2. The predicted molar refractivity (Wildman–Crippen MR) is 199 cm³/mol. The lowest BCUT2D eigenvalue weighted by atomic mass is 9.97. The van der Waals surface area contributed by atoms with E-state index in [0.29, 0.717) is 36.6 Å². The van der Waals surface area contributed by atoms with Crippen molar-refractivity contribution in [3.05, 3.63) is 136 Å². The van der Waals surface area contributed by atoms with Crippen LogP contribution in [0.15, 0.2) is 103 Å². The maximum Gasteiger partial charge on any atom is 0.335 e. The number of rotatable bonds is 16. The molecule has 0 unspecified atom stereocenters. The molecule has 0 bridgehead atoms. The van der Waals surface area contributed by atoms with E-state index in [9.17, 15) is 23.1 Å². The summed E-state index contributed by atoms with van der Waals surface area (Å²) in [5.74, 6) is -1.04. The summed E-state index contributed by atoms with van der Waals surface area (Å²) in [5, 5.41) is 10.8. The molecule has 2 heterocycles. The Hall–Kier alpha value is -4.68. The lowest BCUT2D eigenvalue weighted by Crippen LogP contribution is -2.43. The molecule has 1 atom stereocenters. The molecule has 5 aromatic rings. The molecule has 0 spiro atoms. The van der Waals surface area contributed by atoms with Crippen molar-refractivity contribution in [1.29, 1.82) is 0 Å². The third-order valence-electron chi connectivity index (χ3n) is 9.42. The summed E-state index contributed by atoms with van der Waals surface area (Å²) >= 11 is 6.61. The number of aromatic carboxylic acids is 1. The van der Waals surface area contributed by atoms with Gasteiger partial charge in [0.1, 0.15) is 5.75 Å². The number of carboxylic acid groups (broad SMARTS) is 1. The van der Waals surface area contributed by atoms with Gasteiger partial charge in [0.2, 0.25) is 15.9 Å². The highest BCUT2D eigenvalue weighted by Gasteiger charge is 2.30. The van der Waals surface area contributed by atoms with Crippen LogP contribution < -0.4 is 15.2 Å². The minimum absolute atomic E-state index is 0.145. The fourth-order valence-electron chi connectivity index (χ4n) is 7.03. The van der Waals surface area contributed by atoms with Gasteiger partial charge in [0.05, 0.1) is 30.0 Å². The minimum atomic E-state index is -3.68. The summed E-state index contributed by atoms with van der Waals surface area (Å²) in [6.07, 6.45) is 2.30. The Labute approximate surface area is 302 Å². The van der Waals surface area contributed by atoms with Crippen LogP contribution in [0.1, 0.15) is 51.6 Å². The van der Waals surface area contributed by atoms with Crippen LogP contribution in [0.3, 0.4) is 0 Å². The smallest absolute Gasteiger partial charge is 0.335 e. The highest BCUT2D eigenvalue weighted by molar-refractivity contribution is 7.89. The molecule has 0 radical (unpaired) electrons. The molecule has 1 aliphatic heterocycles. The van der Waals surface area contributed by atoms with Crippen molar-refractivity contribution in [2.24, 2.45) is 5.73 Å². The van der Waals surface area contributed by atoms with Crippen LogP contribution in [0.4, 0.5) is 0 Å². The number of ether oxygens (including phenoxy) is 1. The minimum Gasteiger partial charge on any atom is -0.493 e. The fraction of sp³-hybridized carbons (Fsp3) is 0.282. The molecule has 266 valence electrons. The Morgan fingerprint density at radius 1 is 0.941 bits per heavy atom. The Kier molecular flexibility index (Phi) is 11.4. The van der Waals surface area contributed by atoms with Gasteiger partial charge in [0, 0.05) is 47.6 Å². The van der Waals surface area contributed by atoms with Crippen LogP contribution in [0, 0.1) is 0 Å². The zero-order chi connectivity index (χ0) is 36.0. The predicted octanol–water partition coefficient (Wildman–Crippen LogP) is 5.66. The number of primary amides is 1. The Morgan fingerprint density at radius 2 is 1.61 bits per heavy atom. The van der Waals surface area contributed by atoms with Crippen molar-refractivity contribution < 1.29 is 27.9 Å². The molecular formula is C39H41ClN4O6S. The van der Waals surface area contributed by atoms with E-state index in [1.165, 1.54) is 12.1 Å². The van der Waals surface area contributed by atoms with Crippen molar-refractivity contribution in [3.63, 3.8) is 0 Å². The number of aromatic nitrogens is 1. The van der Waals surface area contributed by atoms with Gasteiger partial charge in [-0.2, -0.15) is 0 Å². The molecule has 1 aliphatic rings. The van der Waals surface area contributed by atoms with Crippen LogP contribution in [0.5, 0.6) is 5.75 Å². The van der Waals surface area contributed by atoms with E-state index >= 15 is 0 Å². The second-order valence-corrected chi connectivity index (χ2v) is 15.0. The normalized spacial score (nSPS) is 15.1. The molecule has 0 saturated carbocycles. The molecule has 1 amide bonds. The number of hydrogen-bond donors (Lipinski definition) is 3. The zero-order valence-corrected chi connectivity index (χ0v) is 29.7. The lowest BCUT2D eigenvalue weighted by molar-refractivity contribution is -0.122. The van der Waals surface area contributed by atoms with Crippen LogP contribution in [0.25, 0.3) is 10.9 Å². The average molecular weight is 729 g/mol. The topological polar surface area (TPSA) is 144 Å². The summed E-state index contributed by atoms with van der Waals surface area (Å²) in [6.45, 7) is 1.30. The fourth-order valence-corrected chi connectivity index (χ4v) is 8.23. The third-order valence-corrected chi connectivity index (χ3v) is 11.0.